The van der Waals surface area contributed by atoms with Crippen LogP contribution < -0.4 is 10.5 Å². The standard InChI is InChI=1S/C16H15NO2/c1-11-5-2-3-7-15(11)18-10-12-9-13-14(17)6-4-8-16(13)19-12/h2-9H,10,17H2,1H3. The van der Waals surface area contributed by atoms with E-state index in [1.165, 1.54) is 0 Å². The Bertz CT molecular complexity index is 716. The van der Waals surface area contributed by atoms with Crippen LogP contribution in [0.2, 0.25) is 0 Å². The Hall–Kier alpha value is -2.42. The highest BCUT2D eigenvalue weighted by Crippen LogP contribution is 2.26. The van der Waals surface area contributed by atoms with E-state index in [1.54, 1.807) is 0 Å². The van der Waals surface area contributed by atoms with E-state index >= 15 is 0 Å². The molecule has 0 fully saturated rings. The number of ether oxygens (including phenoxy) is 1. The van der Waals surface area contributed by atoms with Gasteiger partial charge in [0.2, 0.25) is 0 Å². The molecule has 3 rings (SSSR count). The van der Waals surface area contributed by atoms with Gasteiger partial charge in [0.15, 0.2) is 0 Å². The first-order chi connectivity index (χ1) is 9.24. The predicted octanol–water partition coefficient (Wildman–Crippen LogP) is 3.90. The molecule has 0 unspecified atom stereocenters. The fraction of sp³-hybridized carbons (Fsp3) is 0.125. The first-order valence-corrected chi connectivity index (χ1v) is 6.19. The molecule has 1 heterocycles. The maximum absolute atomic E-state index is 5.90. The average molecular weight is 253 g/mol. The first-order valence-electron chi connectivity index (χ1n) is 6.19. The van der Waals surface area contributed by atoms with E-state index in [4.69, 9.17) is 14.9 Å². The molecule has 3 heteroatoms. The number of hydrogen-bond donors (Lipinski definition) is 1. The van der Waals surface area contributed by atoms with Crippen molar-refractivity contribution in [3.8, 4) is 5.75 Å². The Balaban J connectivity index is 1.83. The lowest BCUT2D eigenvalue weighted by molar-refractivity contribution is 0.273. The van der Waals surface area contributed by atoms with E-state index in [1.807, 2.05) is 55.5 Å². The van der Waals surface area contributed by atoms with Crippen LogP contribution in [0.25, 0.3) is 11.0 Å². The van der Waals surface area contributed by atoms with Gasteiger partial charge in [0, 0.05) is 11.1 Å². The zero-order valence-electron chi connectivity index (χ0n) is 10.7. The van der Waals surface area contributed by atoms with Crippen molar-refractivity contribution in [1.82, 2.24) is 0 Å². The summed E-state index contributed by atoms with van der Waals surface area (Å²) in [5, 5.41) is 0.936. The molecular formula is C16H15NO2. The average Bonchev–Trinajstić information content (AvgIpc) is 2.82. The number of benzene rings is 2. The number of rotatable bonds is 3. The maximum atomic E-state index is 5.90. The van der Waals surface area contributed by atoms with Crippen molar-refractivity contribution in [2.45, 2.75) is 13.5 Å². The van der Waals surface area contributed by atoms with Gasteiger partial charge in [0.25, 0.3) is 0 Å². The fourth-order valence-electron chi connectivity index (χ4n) is 2.07. The van der Waals surface area contributed by atoms with Gasteiger partial charge in [-0.3, -0.25) is 0 Å². The monoisotopic (exact) mass is 253 g/mol. The Morgan fingerprint density at radius 1 is 1.11 bits per heavy atom. The van der Waals surface area contributed by atoms with Crippen LogP contribution in [0.15, 0.2) is 52.9 Å². The quantitative estimate of drug-likeness (QED) is 0.720. The van der Waals surface area contributed by atoms with Crippen molar-refractivity contribution in [2.24, 2.45) is 0 Å². The Kier molecular flexibility index (Phi) is 2.88. The number of nitrogen functional groups attached to an aromatic ring is 1. The third kappa shape index (κ3) is 2.27. The van der Waals surface area contributed by atoms with E-state index in [2.05, 4.69) is 0 Å². The van der Waals surface area contributed by atoms with Crippen LogP contribution in [0.5, 0.6) is 5.75 Å². The first kappa shape index (κ1) is 11.7. The van der Waals surface area contributed by atoms with Gasteiger partial charge < -0.3 is 14.9 Å². The normalized spacial score (nSPS) is 10.8. The zero-order valence-corrected chi connectivity index (χ0v) is 10.7. The number of para-hydroxylation sites is 1. The summed E-state index contributed by atoms with van der Waals surface area (Å²) in [6, 6.07) is 15.5. The van der Waals surface area contributed by atoms with Gasteiger partial charge in [-0.05, 0) is 36.8 Å². The van der Waals surface area contributed by atoms with Gasteiger partial charge in [-0.2, -0.15) is 0 Å². The topological polar surface area (TPSA) is 48.4 Å². The van der Waals surface area contributed by atoms with Crippen molar-refractivity contribution < 1.29 is 9.15 Å². The largest absolute Gasteiger partial charge is 0.485 e. The minimum atomic E-state index is 0.402. The second-order valence-electron chi connectivity index (χ2n) is 4.53. The van der Waals surface area contributed by atoms with Gasteiger partial charge in [-0.1, -0.05) is 24.3 Å². The van der Waals surface area contributed by atoms with Crippen LogP contribution in [0, 0.1) is 6.92 Å². The van der Waals surface area contributed by atoms with E-state index in [0.717, 1.165) is 33.7 Å². The van der Waals surface area contributed by atoms with E-state index in [9.17, 15) is 0 Å². The minimum absolute atomic E-state index is 0.402. The molecule has 96 valence electrons. The van der Waals surface area contributed by atoms with Crippen LogP contribution in [-0.4, -0.2) is 0 Å². The third-order valence-electron chi connectivity index (χ3n) is 3.11. The number of hydrogen-bond acceptors (Lipinski definition) is 3. The molecule has 19 heavy (non-hydrogen) atoms. The van der Waals surface area contributed by atoms with E-state index in [0.29, 0.717) is 6.61 Å². The Morgan fingerprint density at radius 3 is 2.74 bits per heavy atom. The molecule has 0 amide bonds. The Labute approximate surface area is 111 Å². The van der Waals surface area contributed by atoms with Gasteiger partial charge >= 0.3 is 0 Å². The highest BCUT2D eigenvalue weighted by atomic mass is 16.5. The summed E-state index contributed by atoms with van der Waals surface area (Å²) >= 11 is 0. The fourth-order valence-corrected chi connectivity index (χ4v) is 2.07. The lowest BCUT2D eigenvalue weighted by Crippen LogP contribution is -1.95. The summed E-state index contributed by atoms with van der Waals surface area (Å²) in [5.74, 6) is 1.65. The molecule has 0 aliphatic rings. The maximum Gasteiger partial charge on any atom is 0.146 e. The molecule has 0 radical (unpaired) electrons. The van der Waals surface area contributed by atoms with Gasteiger partial charge in [-0.15, -0.1) is 0 Å². The smallest absolute Gasteiger partial charge is 0.146 e. The van der Waals surface area contributed by atoms with Crippen LogP contribution in [-0.2, 0) is 6.61 Å². The molecule has 0 atom stereocenters. The number of fused-ring (bicyclic) bond motifs is 1. The summed E-state index contributed by atoms with van der Waals surface area (Å²) in [6.07, 6.45) is 0. The second kappa shape index (κ2) is 4.69. The molecule has 3 nitrogen and oxygen atoms in total. The van der Waals surface area contributed by atoms with Gasteiger partial charge in [0.1, 0.15) is 23.7 Å². The van der Waals surface area contributed by atoms with Gasteiger partial charge in [-0.25, -0.2) is 0 Å². The highest BCUT2D eigenvalue weighted by molar-refractivity contribution is 5.89. The van der Waals surface area contributed by atoms with Crippen LogP contribution >= 0.6 is 0 Å². The van der Waals surface area contributed by atoms with Crippen LogP contribution in [0.3, 0.4) is 0 Å². The molecule has 0 spiro atoms. The predicted molar refractivity (Wildman–Crippen MR) is 76.1 cm³/mol. The number of nitrogens with two attached hydrogens (primary N) is 1. The van der Waals surface area contributed by atoms with Crippen molar-refractivity contribution >= 4 is 16.7 Å². The van der Waals surface area contributed by atoms with Crippen LogP contribution in [0.4, 0.5) is 5.69 Å². The molecule has 0 saturated carbocycles. The number of aryl methyl sites for hydroxylation is 1. The minimum Gasteiger partial charge on any atom is -0.485 e. The molecule has 0 aliphatic carbocycles. The molecule has 3 aromatic rings. The molecular weight excluding hydrogens is 238 g/mol. The summed E-state index contributed by atoms with van der Waals surface area (Å²) in [7, 11) is 0. The summed E-state index contributed by atoms with van der Waals surface area (Å²) < 4.78 is 11.5. The number of anilines is 1. The molecule has 1 aromatic heterocycles. The van der Waals surface area contributed by atoms with E-state index < -0.39 is 0 Å². The molecule has 0 bridgehead atoms. The number of furan rings is 1. The summed E-state index contributed by atoms with van der Waals surface area (Å²) in [4.78, 5) is 0. The van der Waals surface area contributed by atoms with Crippen LogP contribution in [0.1, 0.15) is 11.3 Å². The third-order valence-corrected chi connectivity index (χ3v) is 3.11. The highest BCUT2D eigenvalue weighted by Gasteiger charge is 2.07. The van der Waals surface area contributed by atoms with Crippen molar-refractivity contribution in [2.75, 3.05) is 5.73 Å². The Morgan fingerprint density at radius 2 is 1.95 bits per heavy atom. The summed E-state index contributed by atoms with van der Waals surface area (Å²) in [6.45, 7) is 2.42. The van der Waals surface area contributed by atoms with Crippen molar-refractivity contribution in [3.63, 3.8) is 0 Å². The van der Waals surface area contributed by atoms with Gasteiger partial charge in [0.05, 0.1) is 0 Å². The molecule has 0 saturated heterocycles. The molecule has 2 N–H and O–H groups in total. The van der Waals surface area contributed by atoms with Crippen molar-refractivity contribution in [1.29, 1.82) is 0 Å². The van der Waals surface area contributed by atoms with E-state index in [-0.39, 0.29) is 0 Å². The molecule has 0 aliphatic heterocycles. The second-order valence-corrected chi connectivity index (χ2v) is 4.53. The lowest BCUT2D eigenvalue weighted by Gasteiger charge is -2.06. The molecule has 2 aromatic carbocycles. The van der Waals surface area contributed by atoms with Crippen molar-refractivity contribution in [3.05, 3.63) is 59.9 Å². The SMILES string of the molecule is Cc1ccccc1OCc1cc2c(N)cccc2o1. The zero-order chi connectivity index (χ0) is 13.2. The lowest BCUT2D eigenvalue weighted by atomic mass is 10.2. The summed E-state index contributed by atoms with van der Waals surface area (Å²) in [5.41, 5.74) is 8.53.